The molecule has 19 heavy (non-hydrogen) atoms. The maximum atomic E-state index is 6.18. The van der Waals surface area contributed by atoms with Crippen molar-refractivity contribution in [2.45, 2.75) is 19.9 Å². The van der Waals surface area contributed by atoms with Crippen LogP contribution in [0.25, 0.3) is 0 Å². The molecule has 6 heteroatoms. The van der Waals surface area contributed by atoms with Crippen LogP contribution >= 0.6 is 23.2 Å². The zero-order valence-electron chi connectivity index (χ0n) is 10.6. The van der Waals surface area contributed by atoms with Crippen LogP contribution in [0.4, 0.5) is 11.8 Å². The first-order valence-corrected chi connectivity index (χ1v) is 6.53. The lowest BCUT2D eigenvalue weighted by molar-refractivity contribution is 0.869. The van der Waals surface area contributed by atoms with E-state index in [1.807, 2.05) is 26.0 Å². The first kappa shape index (κ1) is 13.9. The molecular formula is C13H14Cl2N4. The van der Waals surface area contributed by atoms with Gasteiger partial charge in [0.05, 0.1) is 6.04 Å². The maximum Gasteiger partial charge on any atom is 0.221 e. The Hall–Kier alpha value is -1.52. The van der Waals surface area contributed by atoms with Gasteiger partial charge in [0.1, 0.15) is 5.82 Å². The Morgan fingerprint density at radius 3 is 2.74 bits per heavy atom. The number of hydrogen-bond acceptors (Lipinski definition) is 4. The molecule has 1 aromatic carbocycles. The number of hydrogen-bond donors (Lipinski definition) is 2. The molecule has 0 fully saturated rings. The number of aryl methyl sites for hydroxylation is 1. The van der Waals surface area contributed by atoms with Crippen molar-refractivity contribution in [1.29, 1.82) is 0 Å². The number of nitrogens with zero attached hydrogens (tertiary/aromatic N) is 2. The van der Waals surface area contributed by atoms with Gasteiger partial charge in [-0.05, 0) is 31.5 Å². The number of nitrogens with two attached hydrogens (primary N) is 1. The average molecular weight is 297 g/mol. The van der Waals surface area contributed by atoms with Crippen LogP contribution in [-0.2, 0) is 0 Å². The van der Waals surface area contributed by atoms with Crippen molar-refractivity contribution < 1.29 is 0 Å². The third-order valence-electron chi connectivity index (χ3n) is 2.77. The predicted octanol–water partition coefficient (Wildman–Crippen LogP) is 3.85. The molecule has 1 heterocycles. The summed E-state index contributed by atoms with van der Waals surface area (Å²) in [6.07, 6.45) is 1.68. The first-order valence-electron chi connectivity index (χ1n) is 5.78. The van der Waals surface area contributed by atoms with Gasteiger partial charge in [-0.1, -0.05) is 29.3 Å². The quantitative estimate of drug-likeness (QED) is 0.903. The largest absolute Gasteiger partial charge is 0.368 e. The van der Waals surface area contributed by atoms with Crippen LogP contribution in [-0.4, -0.2) is 9.97 Å². The fourth-order valence-electron chi connectivity index (χ4n) is 1.74. The summed E-state index contributed by atoms with van der Waals surface area (Å²) < 4.78 is 0. The topological polar surface area (TPSA) is 63.8 Å². The molecule has 1 atom stereocenters. The minimum absolute atomic E-state index is 0.0160. The van der Waals surface area contributed by atoms with Gasteiger partial charge < -0.3 is 11.1 Å². The normalized spacial score (nSPS) is 12.2. The molecular weight excluding hydrogens is 283 g/mol. The summed E-state index contributed by atoms with van der Waals surface area (Å²) in [7, 11) is 0. The monoisotopic (exact) mass is 296 g/mol. The minimum Gasteiger partial charge on any atom is -0.368 e. The summed E-state index contributed by atoms with van der Waals surface area (Å²) in [5.41, 5.74) is 7.46. The molecule has 2 rings (SSSR count). The number of nitrogens with one attached hydrogen (secondary N) is 1. The number of rotatable bonds is 3. The highest BCUT2D eigenvalue weighted by molar-refractivity contribution is 6.35. The summed E-state index contributed by atoms with van der Waals surface area (Å²) in [5.74, 6) is 0.938. The van der Waals surface area contributed by atoms with Gasteiger partial charge in [-0.2, -0.15) is 4.98 Å². The Morgan fingerprint density at radius 2 is 2.05 bits per heavy atom. The molecule has 0 aliphatic heterocycles. The third kappa shape index (κ3) is 3.28. The van der Waals surface area contributed by atoms with E-state index in [-0.39, 0.29) is 12.0 Å². The van der Waals surface area contributed by atoms with Gasteiger partial charge in [0.2, 0.25) is 5.95 Å². The highest BCUT2D eigenvalue weighted by Gasteiger charge is 2.12. The summed E-state index contributed by atoms with van der Waals surface area (Å²) in [4.78, 5) is 8.10. The van der Waals surface area contributed by atoms with Crippen molar-refractivity contribution >= 4 is 35.0 Å². The molecule has 0 saturated carbocycles. The van der Waals surface area contributed by atoms with Crippen LogP contribution in [0, 0.1) is 6.92 Å². The first-order chi connectivity index (χ1) is 8.97. The van der Waals surface area contributed by atoms with Crippen molar-refractivity contribution in [2.24, 2.45) is 0 Å². The lowest BCUT2D eigenvalue weighted by Crippen LogP contribution is -2.11. The molecule has 3 N–H and O–H groups in total. The van der Waals surface area contributed by atoms with E-state index in [0.717, 1.165) is 11.1 Å². The number of aromatic nitrogens is 2. The van der Waals surface area contributed by atoms with Crippen molar-refractivity contribution in [1.82, 2.24) is 9.97 Å². The van der Waals surface area contributed by atoms with Gasteiger partial charge in [0, 0.05) is 21.8 Å². The van der Waals surface area contributed by atoms with Crippen molar-refractivity contribution in [3.63, 3.8) is 0 Å². The van der Waals surface area contributed by atoms with E-state index < -0.39 is 0 Å². The fourth-order valence-corrected chi connectivity index (χ4v) is 2.31. The molecule has 1 aromatic heterocycles. The fraction of sp³-hybridized carbons (Fsp3) is 0.231. The second-order valence-corrected chi connectivity index (χ2v) is 5.14. The average Bonchev–Trinajstić information content (AvgIpc) is 2.33. The molecule has 1 unspecified atom stereocenters. The Bertz CT molecular complexity index is 601. The Kier molecular flexibility index (Phi) is 4.12. The maximum absolute atomic E-state index is 6.18. The smallest absolute Gasteiger partial charge is 0.221 e. The van der Waals surface area contributed by atoms with E-state index >= 15 is 0 Å². The Labute approximate surface area is 122 Å². The highest BCUT2D eigenvalue weighted by Crippen LogP contribution is 2.28. The molecule has 2 aromatic rings. The van der Waals surface area contributed by atoms with Gasteiger partial charge in [-0.15, -0.1) is 0 Å². The molecule has 0 aliphatic carbocycles. The van der Waals surface area contributed by atoms with Crippen molar-refractivity contribution in [3.05, 3.63) is 45.6 Å². The zero-order chi connectivity index (χ0) is 14.0. The van der Waals surface area contributed by atoms with Crippen LogP contribution in [0.1, 0.15) is 24.1 Å². The summed E-state index contributed by atoms with van der Waals surface area (Å²) in [6, 6.07) is 5.40. The third-order valence-corrected chi connectivity index (χ3v) is 3.33. The van der Waals surface area contributed by atoms with Gasteiger partial charge in [-0.25, -0.2) is 4.98 Å². The predicted molar refractivity (Wildman–Crippen MR) is 79.7 cm³/mol. The van der Waals surface area contributed by atoms with Crippen molar-refractivity contribution in [3.8, 4) is 0 Å². The summed E-state index contributed by atoms with van der Waals surface area (Å²) in [5, 5.41) is 4.50. The van der Waals surface area contributed by atoms with E-state index in [1.165, 1.54) is 0 Å². The van der Waals surface area contributed by atoms with E-state index in [9.17, 15) is 0 Å². The number of nitrogen functional groups attached to an aromatic ring is 1. The van der Waals surface area contributed by atoms with Crippen LogP contribution in [0.5, 0.6) is 0 Å². The molecule has 0 aliphatic rings. The molecule has 100 valence electrons. The second-order valence-electron chi connectivity index (χ2n) is 4.29. The SMILES string of the molecule is Cc1cnc(N)nc1NC(C)c1ccc(Cl)cc1Cl. The second kappa shape index (κ2) is 5.63. The minimum atomic E-state index is -0.0160. The molecule has 0 radical (unpaired) electrons. The van der Waals surface area contributed by atoms with Gasteiger partial charge in [0.15, 0.2) is 0 Å². The van der Waals surface area contributed by atoms with Crippen LogP contribution in [0.3, 0.4) is 0 Å². The van der Waals surface area contributed by atoms with E-state index in [1.54, 1.807) is 12.3 Å². The van der Waals surface area contributed by atoms with E-state index in [0.29, 0.717) is 15.9 Å². The molecule has 4 nitrogen and oxygen atoms in total. The van der Waals surface area contributed by atoms with Gasteiger partial charge >= 0.3 is 0 Å². The standard InChI is InChI=1S/C13H14Cl2N4/c1-7-6-17-13(16)19-12(7)18-8(2)10-4-3-9(14)5-11(10)15/h3-6,8H,1-2H3,(H3,16,17,18,19). The number of halogens is 2. The lowest BCUT2D eigenvalue weighted by atomic mass is 10.1. The van der Waals surface area contributed by atoms with E-state index in [4.69, 9.17) is 28.9 Å². The molecule has 0 saturated heterocycles. The molecule has 0 bridgehead atoms. The van der Waals surface area contributed by atoms with Crippen molar-refractivity contribution in [2.75, 3.05) is 11.1 Å². The lowest BCUT2D eigenvalue weighted by Gasteiger charge is -2.17. The van der Waals surface area contributed by atoms with E-state index in [2.05, 4.69) is 15.3 Å². The Morgan fingerprint density at radius 1 is 1.32 bits per heavy atom. The van der Waals surface area contributed by atoms with Crippen LogP contribution in [0.15, 0.2) is 24.4 Å². The highest BCUT2D eigenvalue weighted by atomic mass is 35.5. The Balaban J connectivity index is 2.25. The number of benzene rings is 1. The number of anilines is 2. The summed E-state index contributed by atoms with van der Waals surface area (Å²) >= 11 is 12.1. The van der Waals surface area contributed by atoms with Gasteiger partial charge in [-0.3, -0.25) is 0 Å². The van der Waals surface area contributed by atoms with Crippen LogP contribution < -0.4 is 11.1 Å². The summed E-state index contributed by atoms with van der Waals surface area (Å²) in [6.45, 7) is 3.91. The molecule has 0 amide bonds. The van der Waals surface area contributed by atoms with Gasteiger partial charge in [0.25, 0.3) is 0 Å². The molecule has 0 spiro atoms. The van der Waals surface area contributed by atoms with Crippen LogP contribution in [0.2, 0.25) is 10.0 Å². The zero-order valence-corrected chi connectivity index (χ0v) is 12.1.